The van der Waals surface area contributed by atoms with Gasteiger partial charge in [0.15, 0.2) is 0 Å². The van der Waals surface area contributed by atoms with Crippen molar-refractivity contribution in [2.24, 2.45) is 0 Å². The molecule has 0 saturated heterocycles. The van der Waals surface area contributed by atoms with Crippen LogP contribution in [0, 0.1) is 13.8 Å². The fourth-order valence-corrected chi connectivity index (χ4v) is 0.637. The summed E-state index contributed by atoms with van der Waals surface area (Å²) in [5, 5.41) is -0.508. The second kappa shape index (κ2) is 6.93. The predicted octanol–water partition coefficient (Wildman–Crippen LogP) is 3.29. The Morgan fingerprint density at radius 1 is 1.15 bits per heavy atom. The highest BCUT2D eigenvalue weighted by Gasteiger charge is 1.83. The van der Waals surface area contributed by atoms with Gasteiger partial charge in [-0.1, -0.05) is 35.4 Å². The third-order valence-corrected chi connectivity index (χ3v) is 1.84. The highest BCUT2D eigenvalue weighted by atomic mass is 35.5. The second-order valence-corrected chi connectivity index (χ2v) is 3.33. The molecule has 0 aliphatic carbocycles. The van der Waals surface area contributed by atoms with Crippen molar-refractivity contribution in [3.05, 3.63) is 35.4 Å². The van der Waals surface area contributed by atoms with Crippen LogP contribution < -0.4 is 0 Å². The van der Waals surface area contributed by atoms with Crippen LogP contribution in [0.1, 0.15) is 11.1 Å². The maximum atomic E-state index is 9.45. The van der Waals surface area contributed by atoms with Gasteiger partial charge in [-0.3, -0.25) is 4.79 Å². The van der Waals surface area contributed by atoms with Gasteiger partial charge in [0.1, 0.15) is 0 Å². The topological polar surface area (TPSA) is 17.1 Å². The zero-order chi connectivity index (χ0) is 10.3. The van der Waals surface area contributed by atoms with Crippen molar-refractivity contribution in [2.75, 3.05) is 5.88 Å². The largest absolute Gasteiger partial charge is 0.280 e. The minimum Gasteiger partial charge on any atom is -0.280 e. The first-order valence-electron chi connectivity index (χ1n) is 3.84. The molecule has 72 valence electrons. The summed E-state index contributed by atoms with van der Waals surface area (Å²) in [5.41, 5.74) is 2.66. The van der Waals surface area contributed by atoms with Crippen molar-refractivity contribution in [1.29, 1.82) is 0 Å². The standard InChI is InChI=1S/C8H10.C2H2Cl2O/c1-7-3-5-8(2)6-4-7;3-1-2(4)5/h3-6H,1-2H3;1H2. The van der Waals surface area contributed by atoms with Gasteiger partial charge in [-0.25, -0.2) is 0 Å². The lowest BCUT2D eigenvalue weighted by Crippen LogP contribution is -1.81. The molecule has 1 aromatic rings. The number of aryl methyl sites for hydroxylation is 2. The third kappa shape index (κ3) is 7.82. The number of alkyl halides is 1. The Kier molecular flexibility index (Phi) is 6.65. The average molecular weight is 219 g/mol. The van der Waals surface area contributed by atoms with Crippen LogP contribution in [0.4, 0.5) is 0 Å². The van der Waals surface area contributed by atoms with Crippen LogP contribution in [-0.2, 0) is 4.79 Å². The first-order valence-corrected chi connectivity index (χ1v) is 4.75. The van der Waals surface area contributed by atoms with E-state index < -0.39 is 5.24 Å². The quantitative estimate of drug-likeness (QED) is 0.523. The van der Waals surface area contributed by atoms with Gasteiger partial charge in [0.05, 0.1) is 5.88 Å². The smallest absolute Gasteiger partial charge is 0.236 e. The molecule has 0 saturated carbocycles. The van der Waals surface area contributed by atoms with Crippen molar-refractivity contribution in [3.8, 4) is 0 Å². The Morgan fingerprint density at radius 2 is 1.38 bits per heavy atom. The highest BCUT2D eigenvalue weighted by molar-refractivity contribution is 6.67. The average Bonchev–Trinajstić information content (AvgIpc) is 2.11. The number of carbonyl (C=O) groups excluding carboxylic acids is 1. The van der Waals surface area contributed by atoms with Crippen LogP contribution in [0.25, 0.3) is 0 Å². The molecule has 0 radical (unpaired) electrons. The number of halogens is 2. The lowest BCUT2D eigenvalue weighted by Gasteiger charge is -1.90. The van der Waals surface area contributed by atoms with Crippen molar-refractivity contribution < 1.29 is 4.79 Å². The van der Waals surface area contributed by atoms with Gasteiger partial charge in [0.25, 0.3) is 0 Å². The normalized spacial score (nSPS) is 8.62. The molecule has 0 bridgehead atoms. The first-order chi connectivity index (χ1) is 6.06. The van der Waals surface area contributed by atoms with Gasteiger partial charge in [0.2, 0.25) is 5.24 Å². The highest BCUT2D eigenvalue weighted by Crippen LogP contribution is 1.99. The Labute approximate surface area is 88.7 Å². The van der Waals surface area contributed by atoms with E-state index in [0.717, 1.165) is 0 Å². The van der Waals surface area contributed by atoms with Gasteiger partial charge >= 0.3 is 0 Å². The molecular formula is C10H12Cl2O. The molecule has 0 aliphatic heterocycles. The number of benzene rings is 1. The summed E-state index contributed by atoms with van der Waals surface area (Å²) in [4.78, 5) is 9.45. The SMILES string of the molecule is Cc1ccc(C)cc1.O=C(Cl)CCl. The maximum Gasteiger partial charge on any atom is 0.236 e. The molecule has 0 aromatic heterocycles. The lowest BCUT2D eigenvalue weighted by molar-refractivity contribution is -0.109. The fourth-order valence-electron chi connectivity index (χ4n) is 0.637. The van der Waals surface area contributed by atoms with Crippen LogP contribution in [0.3, 0.4) is 0 Å². The van der Waals surface area contributed by atoms with E-state index in [0.29, 0.717) is 0 Å². The van der Waals surface area contributed by atoms with E-state index in [1.165, 1.54) is 11.1 Å². The molecule has 0 unspecified atom stereocenters. The molecule has 0 atom stereocenters. The van der Waals surface area contributed by atoms with E-state index in [1.807, 2.05) is 0 Å². The molecule has 0 spiro atoms. The predicted molar refractivity (Wildman–Crippen MR) is 57.5 cm³/mol. The summed E-state index contributed by atoms with van der Waals surface area (Å²) in [6.07, 6.45) is 0. The number of hydrogen-bond donors (Lipinski definition) is 0. The van der Waals surface area contributed by atoms with Crippen LogP contribution in [-0.4, -0.2) is 11.1 Å². The van der Waals surface area contributed by atoms with E-state index in [4.69, 9.17) is 23.2 Å². The fraction of sp³-hybridized carbons (Fsp3) is 0.300. The van der Waals surface area contributed by atoms with Gasteiger partial charge in [0, 0.05) is 0 Å². The lowest BCUT2D eigenvalue weighted by atomic mass is 10.2. The summed E-state index contributed by atoms with van der Waals surface area (Å²) in [7, 11) is 0. The molecule has 1 nitrogen and oxygen atoms in total. The molecule has 0 N–H and O–H groups in total. The number of hydrogen-bond acceptors (Lipinski definition) is 1. The summed E-state index contributed by atoms with van der Waals surface area (Å²) < 4.78 is 0. The first kappa shape index (κ1) is 12.5. The molecular weight excluding hydrogens is 207 g/mol. The molecule has 1 aromatic carbocycles. The van der Waals surface area contributed by atoms with E-state index in [2.05, 4.69) is 38.1 Å². The zero-order valence-electron chi connectivity index (χ0n) is 7.68. The summed E-state index contributed by atoms with van der Waals surface area (Å²) in [5.74, 6) is -0.0957. The second-order valence-electron chi connectivity index (χ2n) is 2.64. The Morgan fingerprint density at radius 3 is 1.54 bits per heavy atom. The van der Waals surface area contributed by atoms with Crippen LogP contribution in [0.5, 0.6) is 0 Å². The summed E-state index contributed by atoms with van der Waals surface area (Å²) >= 11 is 9.55. The van der Waals surface area contributed by atoms with Crippen LogP contribution >= 0.6 is 23.2 Å². The van der Waals surface area contributed by atoms with Gasteiger partial charge in [-0.2, -0.15) is 0 Å². The molecule has 3 heteroatoms. The van der Waals surface area contributed by atoms with Crippen molar-refractivity contribution >= 4 is 28.4 Å². The summed E-state index contributed by atoms with van der Waals surface area (Å²) in [6, 6.07) is 8.48. The molecule has 0 fully saturated rings. The molecule has 0 heterocycles. The Balaban J connectivity index is 0.000000252. The van der Waals surface area contributed by atoms with Crippen LogP contribution in [0.15, 0.2) is 24.3 Å². The molecule has 13 heavy (non-hydrogen) atoms. The van der Waals surface area contributed by atoms with Crippen molar-refractivity contribution in [1.82, 2.24) is 0 Å². The van der Waals surface area contributed by atoms with Crippen molar-refractivity contribution in [2.45, 2.75) is 13.8 Å². The molecule has 1 rings (SSSR count). The Bertz CT molecular complexity index is 233. The van der Waals surface area contributed by atoms with Gasteiger partial charge in [-0.05, 0) is 25.4 Å². The van der Waals surface area contributed by atoms with E-state index in [-0.39, 0.29) is 5.88 Å². The van der Waals surface area contributed by atoms with Crippen LogP contribution in [0.2, 0.25) is 0 Å². The monoisotopic (exact) mass is 218 g/mol. The van der Waals surface area contributed by atoms with Gasteiger partial charge < -0.3 is 0 Å². The summed E-state index contributed by atoms with van der Waals surface area (Å²) in [6.45, 7) is 4.19. The molecule has 0 amide bonds. The number of carbonyl (C=O) groups is 1. The minimum absolute atomic E-state index is 0.0957. The van der Waals surface area contributed by atoms with E-state index in [9.17, 15) is 4.79 Å². The number of rotatable bonds is 1. The van der Waals surface area contributed by atoms with Gasteiger partial charge in [-0.15, -0.1) is 11.6 Å². The minimum atomic E-state index is -0.508. The third-order valence-electron chi connectivity index (χ3n) is 1.32. The Hall–Kier alpha value is -0.530. The van der Waals surface area contributed by atoms with Crippen molar-refractivity contribution in [3.63, 3.8) is 0 Å². The van der Waals surface area contributed by atoms with E-state index >= 15 is 0 Å². The zero-order valence-corrected chi connectivity index (χ0v) is 9.19. The van der Waals surface area contributed by atoms with E-state index in [1.54, 1.807) is 0 Å². The molecule has 0 aliphatic rings. The maximum absolute atomic E-state index is 9.45.